The number of rotatable bonds is 6. The van der Waals surface area contributed by atoms with Crippen molar-refractivity contribution in [3.8, 4) is 5.88 Å². The summed E-state index contributed by atoms with van der Waals surface area (Å²) in [6, 6.07) is 0. The number of ether oxygens (including phenoxy) is 1. The molecule has 0 saturated heterocycles. The maximum Gasteiger partial charge on any atom is 0.221 e. The van der Waals surface area contributed by atoms with Crippen LogP contribution in [-0.4, -0.2) is 42.1 Å². The van der Waals surface area contributed by atoms with Crippen LogP contribution in [0.15, 0.2) is 0 Å². The van der Waals surface area contributed by atoms with E-state index in [0.717, 1.165) is 24.4 Å². The van der Waals surface area contributed by atoms with Gasteiger partial charge < -0.3 is 15.1 Å². The third-order valence-corrected chi connectivity index (χ3v) is 2.90. The highest BCUT2D eigenvalue weighted by Crippen LogP contribution is 2.27. The van der Waals surface area contributed by atoms with E-state index in [-0.39, 0.29) is 5.41 Å². The second kappa shape index (κ2) is 6.85. The standard InChI is InChI=1S/C14H27N5O/c1-10-11(18-15)16-13(14(2,3)4)17-12(10)20-9-7-8-19(5)6/h7-9,15H2,1-6H3,(H,16,17,18). The predicted molar refractivity (Wildman–Crippen MR) is 81.9 cm³/mol. The number of nitrogens with zero attached hydrogens (tertiary/aromatic N) is 3. The molecule has 6 nitrogen and oxygen atoms in total. The average Bonchev–Trinajstić information content (AvgIpc) is 2.34. The summed E-state index contributed by atoms with van der Waals surface area (Å²) in [6.45, 7) is 9.71. The summed E-state index contributed by atoms with van der Waals surface area (Å²) in [4.78, 5) is 11.1. The molecule has 0 spiro atoms. The highest BCUT2D eigenvalue weighted by atomic mass is 16.5. The molecule has 0 aliphatic rings. The van der Waals surface area contributed by atoms with Crippen LogP contribution in [0.2, 0.25) is 0 Å². The lowest BCUT2D eigenvalue weighted by molar-refractivity contribution is 0.269. The third kappa shape index (κ3) is 4.61. The highest BCUT2D eigenvalue weighted by Gasteiger charge is 2.21. The van der Waals surface area contributed by atoms with Crippen molar-refractivity contribution in [1.29, 1.82) is 0 Å². The van der Waals surface area contributed by atoms with E-state index >= 15 is 0 Å². The number of nitrogen functional groups attached to an aromatic ring is 1. The van der Waals surface area contributed by atoms with Gasteiger partial charge in [0.2, 0.25) is 5.88 Å². The topological polar surface area (TPSA) is 76.3 Å². The molecule has 0 atom stereocenters. The first-order valence-corrected chi connectivity index (χ1v) is 6.89. The minimum absolute atomic E-state index is 0.152. The van der Waals surface area contributed by atoms with Gasteiger partial charge >= 0.3 is 0 Å². The number of aromatic nitrogens is 2. The van der Waals surface area contributed by atoms with E-state index in [1.165, 1.54) is 0 Å². The molecule has 20 heavy (non-hydrogen) atoms. The van der Waals surface area contributed by atoms with Crippen LogP contribution < -0.4 is 16.0 Å². The van der Waals surface area contributed by atoms with Crippen LogP contribution in [0, 0.1) is 6.92 Å². The van der Waals surface area contributed by atoms with E-state index < -0.39 is 0 Å². The van der Waals surface area contributed by atoms with Gasteiger partial charge in [0.15, 0.2) is 5.82 Å². The van der Waals surface area contributed by atoms with Crippen molar-refractivity contribution in [3.05, 3.63) is 11.4 Å². The molecule has 0 radical (unpaired) electrons. The van der Waals surface area contributed by atoms with E-state index in [4.69, 9.17) is 10.6 Å². The first kappa shape index (κ1) is 16.7. The molecule has 6 heteroatoms. The third-order valence-electron chi connectivity index (χ3n) is 2.90. The van der Waals surface area contributed by atoms with E-state index in [0.29, 0.717) is 18.3 Å². The fraction of sp³-hybridized carbons (Fsp3) is 0.714. The normalized spacial score (nSPS) is 11.8. The van der Waals surface area contributed by atoms with Gasteiger partial charge in [-0.3, -0.25) is 0 Å². The van der Waals surface area contributed by atoms with Gasteiger partial charge in [-0.05, 0) is 27.4 Å². The molecule has 0 fully saturated rings. The molecule has 1 aromatic heterocycles. The first-order chi connectivity index (χ1) is 9.25. The molecule has 0 bridgehead atoms. The lowest BCUT2D eigenvalue weighted by atomic mass is 9.95. The molecule has 3 N–H and O–H groups in total. The second-order valence-corrected chi connectivity index (χ2v) is 6.23. The molecule has 1 rings (SSSR count). The Labute approximate surface area is 121 Å². The lowest BCUT2D eigenvalue weighted by Gasteiger charge is -2.20. The summed E-state index contributed by atoms with van der Waals surface area (Å²) in [7, 11) is 4.09. The number of hydrogen-bond acceptors (Lipinski definition) is 6. The second-order valence-electron chi connectivity index (χ2n) is 6.23. The van der Waals surface area contributed by atoms with Gasteiger partial charge in [-0.1, -0.05) is 20.8 Å². The number of anilines is 1. The summed E-state index contributed by atoms with van der Waals surface area (Å²) < 4.78 is 5.79. The Morgan fingerprint density at radius 2 is 1.90 bits per heavy atom. The molecule has 0 amide bonds. The molecule has 0 aliphatic carbocycles. The van der Waals surface area contributed by atoms with Crippen molar-refractivity contribution in [2.45, 2.75) is 39.5 Å². The van der Waals surface area contributed by atoms with Crippen LogP contribution in [0.4, 0.5) is 5.82 Å². The predicted octanol–water partition coefficient (Wildman–Crippen LogP) is 1.70. The fourth-order valence-corrected chi connectivity index (χ4v) is 1.66. The van der Waals surface area contributed by atoms with Crippen molar-refractivity contribution in [2.24, 2.45) is 5.84 Å². The molecular weight excluding hydrogens is 254 g/mol. The summed E-state index contributed by atoms with van der Waals surface area (Å²) in [6.07, 6.45) is 0.951. The maximum absolute atomic E-state index is 5.79. The van der Waals surface area contributed by atoms with Crippen molar-refractivity contribution in [3.63, 3.8) is 0 Å². The Balaban J connectivity index is 2.88. The molecule has 0 saturated carbocycles. The van der Waals surface area contributed by atoms with Gasteiger partial charge in [0.05, 0.1) is 12.2 Å². The molecule has 1 aromatic rings. The Bertz CT molecular complexity index is 440. The monoisotopic (exact) mass is 281 g/mol. The SMILES string of the molecule is Cc1c(NN)nc(C(C)(C)C)nc1OCCCN(C)C. The largest absolute Gasteiger partial charge is 0.477 e. The summed E-state index contributed by atoms with van der Waals surface area (Å²) in [5.41, 5.74) is 3.30. The Morgan fingerprint density at radius 3 is 2.40 bits per heavy atom. The summed E-state index contributed by atoms with van der Waals surface area (Å²) in [5, 5.41) is 0. The Hall–Kier alpha value is -1.40. The van der Waals surface area contributed by atoms with Crippen LogP contribution >= 0.6 is 0 Å². The molecule has 0 aliphatic heterocycles. The quantitative estimate of drug-likeness (QED) is 0.469. The summed E-state index contributed by atoms with van der Waals surface area (Å²) >= 11 is 0. The van der Waals surface area contributed by atoms with Gasteiger partial charge in [-0.2, -0.15) is 4.98 Å². The van der Waals surface area contributed by atoms with Gasteiger partial charge in [-0.25, -0.2) is 10.8 Å². The van der Waals surface area contributed by atoms with Crippen LogP contribution in [0.1, 0.15) is 38.6 Å². The summed E-state index contributed by atoms with van der Waals surface area (Å²) in [5.74, 6) is 7.47. The van der Waals surface area contributed by atoms with Gasteiger partial charge in [-0.15, -0.1) is 0 Å². The zero-order valence-corrected chi connectivity index (χ0v) is 13.4. The van der Waals surface area contributed by atoms with Crippen molar-refractivity contribution in [2.75, 3.05) is 32.7 Å². The number of hydrogen-bond donors (Lipinski definition) is 2. The minimum Gasteiger partial charge on any atom is -0.477 e. The molecule has 0 unspecified atom stereocenters. The number of hydrazine groups is 1. The van der Waals surface area contributed by atoms with E-state index in [9.17, 15) is 0 Å². The molecule has 1 heterocycles. The first-order valence-electron chi connectivity index (χ1n) is 6.89. The van der Waals surface area contributed by atoms with Crippen LogP contribution in [0.3, 0.4) is 0 Å². The highest BCUT2D eigenvalue weighted by molar-refractivity contribution is 5.48. The molecular formula is C14H27N5O. The van der Waals surface area contributed by atoms with Gasteiger partial charge in [0.25, 0.3) is 0 Å². The van der Waals surface area contributed by atoms with Crippen molar-refractivity contribution in [1.82, 2.24) is 14.9 Å². The molecule has 0 aromatic carbocycles. The van der Waals surface area contributed by atoms with Crippen molar-refractivity contribution < 1.29 is 4.74 Å². The van der Waals surface area contributed by atoms with Crippen LogP contribution in [0.5, 0.6) is 5.88 Å². The van der Waals surface area contributed by atoms with Gasteiger partial charge in [0, 0.05) is 12.0 Å². The van der Waals surface area contributed by atoms with E-state index in [2.05, 4.69) is 41.1 Å². The van der Waals surface area contributed by atoms with Gasteiger partial charge in [0.1, 0.15) is 5.82 Å². The lowest BCUT2D eigenvalue weighted by Crippen LogP contribution is -2.21. The smallest absolute Gasteiger partial charge is 0.221 e. The van der Waals surface area contributed by atoms with E-state index in [1.807, 2.05) is 21.0 Å². The minimum atomic E-state index is -0.152. The zero-order chi connectivity index (χ0) is 15.3. The Kier molecular flexibility index (Phi) is 5.71. The van der Waals surface area contributed by atoms with Crippen LogP contribution in [0.25, 0.3) is 0 Å². The van der Waals surface area contributed by atoms with Crippen LogP contribution in [-0.2, 0) is 5.41 Å². The maximum atomic E-state index is 5.79. The number of nitrogens with two attached hydrogens (primary N) is 1. The van der Waals surface area contributed by atoms with E-state index in [1.54, 1.807) is 0 Å². The van der Waals surface area contributed by atoms with Crippen molar-refractivity contribution >= 4 is 5.82 Å². The zero-order valence-electron chi connectivity index (χ0n) is 13.4. The Morgan fingerprint density at radius 1 is 1.25 bits per heavy atom. The fourth-order valence-electron chi connectivity index (χ4n) is 1.66. The molecule has 114 valence electrons. The number of nitrogens with one attached hydrogen (secondary N) is 1. The average molecular weight is 281 g/mol.